The predicted octanol–water partition coefficient (Wildman–Crippen LogP) is 3.39. The molecule has 1 saturated carbocycles. The summed E-state index contributed by atoms with van der Waals surface area (Å²) in [5, 5.41) is 0. The molecule has 0 N–H and O–H groups in total. The SMILES string of the molecule is Fc1cccc(CC2(CCl)CC2)c1. The van der Waals surface area contributed by atoms with Crippen LogP contribution in [0, 0.1) is 11.2 Å². The fraction of sp³-hybridized carbons (Fsp3) is 0.455. The molecule has 0 aromatic heterocycles. The molecule has 0 nitrogen and oxygen atoms in total. The summed E-state index contributed by atoms with van der Waals surface area (Å²) in [6, 6.07) is 6.81. The maximum atomic E-state index is 12.8. The maximum absolute atomic E-state index is 12.8. The second kappa shape index (κ2) is 3.30. The van der Waals surface area contributed by atoms with E-state index in [1.165, 1.54) is 18.9 Å². The Labute approximate surface area is 82.7 Å². The summed E-state index contributed by atoms with van der Waals surface area (Å²) in [7, 11) is 0. The highest BCUT2D eigenvalue weighted by Crippen LogP contribution is 2.49. The summed E-state index contributed by atoms with van der Waals surface area (Å²) in [6.45, 7) is 0. The molecular weight excluding hydrogens is 187 g/mol. The first-order valence-corrected chi connectivity index (χ1v) is 5.08. The van der Waals surface area contributed by atoms with Gasteiger partial charge in [0.2, 0.25) is 0 Å². The first-order valence-electron chi connectivity index (χ1n) is 4.55. The van der Waals surface area contributed by atoms with Gasteiger partial charge in [0.25, 0.3) is 0 Å². The third kappa shape index (κ3) is 2.02. The second-order valence-electron chi connectivity index (χ2n) is 3.94. The van der Waals surface area contributed by atoms with Gasteiger partial charge in [0.1, 0.15) is 5.82 Å². The van der Waals surface area contributed by atoms with Crippen LogP contribution >= 0.6 is 11.6 Å². The summed E-state index contributed by atoms with van der Waals surface area (Å²) in [4.78, 5) is 0. The van der Waals surface area contributed by atoms with Crippen molar-refractivity contribution in [1.29, 1.82) is 0 Å². The molecule has 1 aliphatic rings. The molecule has 0 unspecified atom stereocenters. The van der Waals surface area contributed by atoms with Gasteiger partial charge in [-0.05, 0) is 42.4 Å². The van der Waals surface area contributed by atoms with E-state index in [-0.39, 0.29) is 11.2 Å². The van der Waals surface area contributed by atoms with Gasteiger partial charge in [-0.2, -0.15) is 0 Å². The molecule has 1 fully saturated rings. The van der Waals surface area contributed by atoms with Crippen LogP contribution in [-0.2, 0) is 6.42 Å². The molecule has 70 valence electrons. The lowest BCUT2D eigenvalue weighted by Crippen LogP contribution is -2.06. The highest BCUT2D eigenvalue weighted by Gasteiger charge is 2.41. The Kier molecular flexibility index (Phi) is 2.29. The molecule has 0 amide bonds. The first-order chi connectivity index (χ1) is 6.24. The average molecular weight is 199 g/mol. The van der Waals surface area contributed by atoms with E-state index in [1.807, 2.05) is 6.07 Å². The van der Waals surface area contributed by atoms with Crippen LogP contribution in [0.1, 0.15) is 18.4 Å². The Bertz CT molecular complexity index is 305. The molecule has 2 rings (SSSR count). The third-order valence-electron chi connectivity index (χ3n) is 2.71. The molecule has 0 bridgehead atoms. The summed E-state index contributed by atoms with van der Waals surface area (Å²) in [5.41, 5.74) is 1.35. The van der Waals surface area contributed by atoms with E-state index in [2.05, 4.69) is 0 Å². The van der Waals surface area contributed by atoms with Crippen LogP contribution in [0.15, 0.2) is 24.3 Å². The average Bonchev–Trinajstić information content (AvgIpc) is 2.86. The Hall–Kier alpha value is -0.560. The smallest absolute Gasteiger partial charge is 0.123 e. The van der Waals surface area contributed by atoms with Crippen LogP contribution in [0.25, 0.3) is 0 Å². The van der Waals surface area contributed by atoms with Crippen LogP contribution in [0.4, 0.5) is 4.39 Å². The Morgan fingerprint density at radius 3 is 2.69 bits per heavy atom. The number of hydrogen-bond donors (Lipinski definition) is 0. The van der Waals surface area contributed by atoms with Crippen molar-refractivity contribution in [2.24, 2.45) is 5.41 Å². The molecule has 13 heavy (non-hydrogen) atoms. The molecule has 0 aliphatic heterocycles. The minimum absolute atomic E-state index is 0.150. The van der Waals surface area contributed by atoms with Crippen LogP contribution in [0.5, 0.6) is 0 Å². The molecule has 0 spiro atoms. The largest absolute Gasteiger partial charge is 0.207 e. The van der Waals surface area contributed by atoms with E-state index < -0.39 is 0 Å². The van der Waals surface area contributed by atoms with E-state index in [0.29, 0.717) is 5.88 Å². The Balaban J connectivity index is 2.09. The fourth-order valence-corrected chi connectivity index (χ4v) is 1.98. The molecule has 1 aromatic rings. The zero-order chi connectivity index (χ0) is 9.31. The lowest BCUT2D eigenvalue weighted by atomic mass is 9.98. The molecule has 0 saturated heterocycles. The molecule has 0 atom stereocenters. The van der Waals surface area contributed by atoms with Crippen molar-refractivity contribution in [1.82, 2.24) is 0 Å². The number of rotatable bonds is 3. The summed E-state index contributed by atoms with van der Waals surface area (Å²) in [6.07, 6.45) is 3.30. The van der Waals surface area contributed by atoms with Crippen LogP contribution in [0.2, 0.25) is 0 Å². The normalized spacial score (nSPS) is 18.6. The number of hydrogen-bond acceptors (Lipinski definition) is 0. The minimum atomic E-state index is -0.150. The zero-order valence-electron chi connectivity index (χ0n) is 7.39. The fourth-order valence-electron chi connectivity index (χ4n) is 1.61. The van der Waals surface area contributed by atoms with Gasteiger partial charge in [-0.1, -0.05) is 12.1 Å². The van der Waals surface area contributed by atoms with Gasteiger partial charge in [0, 0.05) is 5.88 Å². The monoisotopic (exact) mass is 198 g/mol. The van der Waals surface area contributed by atoms with Gasteiger partial charge in [-0.25, -0.2) is 4.39 Å². The van der Waals surface area contributed by atoms with Gasteiger partial charge >= 0.3 is 0 Å². The van der Waals surface area contributed by atoms with E-state index in [0.717, 1.165) is 12.0 Å². The van der Waals surface area contributed by atoms with Crippen molar-refractivity contribution in [2.45, 2.75) is 19.3 Å². The number of benzene rings is 1. The zero-order valence-corrected chi connectivity index (χ0v) is 8.15. The molecular formula is C11H12ClF. The highest BCUT2D eigenvalue weighted by molar-refractivity contribution is 6.18. The Morgan fingerprint density at radius 1 is 1.38 bits per heavy atom. The highest BCUT2D eigenvalue weighted by atomic mass is 35.5. The first kappa shape index (κ1) is 9.01. The molecule has 0 heterocycles. The lowest BCUT2D eigenvalue weighted by molar-refractivity contribution is 0.570. The molecule has 1 aliphatic carbocycles. The van der Waals surface area contributed by atoms with Crippen molar-refractivity contribution >= 4 is 11.6 Å². The van der Waals surface area contributed by atoms with Crippen molar-refractivity contribution in [3.8, 4) is 0 Å². The van der Waals surface area contributed by atoms with Crippen LogP contribution in [0.3, 0.4) is 0 Å². The topological polar surface area (TPSA) is 0 Å². The second-order valence-corrected chi connectivity index (χ2v) is 4.21. The lowest BCUT2D eigenvalue weighted by Gasteiger charge is -2.10. The third-order valence-corrected chi connectivity index (χ3v) is 3.28. The van der Waals surface area contributed by atoms with Gasteiger partial charge < -0.3 is 0 Å². The van der Waals surface area contributed by atoms with Gasteiger partial charge in [0.15, 0.2) is 0 Å². The minimum Gasteiger partial charge on any atom is -0.207 e. The maximum Gasteiger partial charge on any atom is 0.123 e. The van der Waals surface area contributed by atoms with E-state index in [9.17, 15) is 4.39 Å². The quantitative estimate of drug-likeness (QED) is 0.654. The van der Waals surface area contributed by atoms with Crippen molar-refractivity contribution in [3.63, 3.8) is 0 Å². The van der Waals surface area contributed by atoms with E-state index in [4.69, 9.17) is 11.6 Å². The van der Waals surface area contributed by atoms with Crippen molar-refractivity contribution in [2.75, 3.05) is 5.88 Å². The van der Waals surface area contributed by atoms with Crippen molar-refractivity contribution < 1.29 is 4.39 Å². The summed E-state index contributed by atoms with van der Waals surface area (Å²) in [5.74, 6) is 0.548. The summed E-state index contributed by atoms with van der Waals surface area (Å²) < 4.78 is 12.8. The van der Waals surface area contributed by atoms with Crippen LogP contribution < -0.4 is 0 Å². The van der Waals surface area contributed by atoms with Gasteiger partial charge in [-0.3, -0.25) is 0 Å². The predicted molar refractivity (Wildman–Crippen MR) is 52.5 cm³/mol. The van der Waals surface area contributed by atoms with E-state index >= 15 is 0 Å². The van der Waals surface area contributed by atoms with Gasteiger partial charge in [0.05, 0.1) is 0 Å². The van der Waals surface area contributed by atoms with Gasteiger partial charge in [-0.15, -0.1) is 11.6 Å². The number of alkyl halides is 1. The molecule has 0 radical (unpaired) electrons. The molecule has 1 aromatic carbocycles. The molecule has 2 heteroatoms. The van der Waals surface area contributed by atoms with Crippen molar-refractivity contribution in [3.05, 3.63) is 35.6 Å². The standard InChI is InChI=1S/C11H12ClF/c12-8-11(4-5-11)7-9-2-1-3-10(13)6-9/h1-3,6H,4-5,7-8H2. The summed E-state index contributed by atoms with van der Waals surface area (Å²) >= 11 is 5.85. The van der Waals surface area contributed by atoms with Crippen LogP contribution in [-0.4, -0.2) is 5.88 Å². The van der Waals surface area contributed by atoms with E-state index in [1.54, 1.807) is 12.1 Å². The Morgan fingerprint density at radius 2 is 2.15 bits per heavy atom. The number of halogens is 2.